The lowest BCUT2D eigenvalue weighted by Crippen LogP contribution is -2.38. The number of imidazole rings is 1. The predicted molar refractivity (Wildman–Crippen MR) is 80.7 cm³/mol. The van der Waals surface area contributed by atoms with Crippen molar-refractivity contribution in [3.63, 3.8) is 0 Å². The van der Waals surface area contributed by atoms with Crippen LogP contribution in [-0.4, -0.2) is 62.1 Å². The number of nitrogens with zero attached hydrogens (tertiary/aromatic N) is 5. The van der Waals surface area contributed by atoms with Gasteiger partial charge in [-0.3, -0.25) is 9.80 Å². The van der Waals surface area contributed by atoms with E-state index in [2.05, 4.69) is 29.7 Å². The Hall–Kier alpha value is -1.86. The summed E-state index contributed by atoms with van der Waals surface area (Å²) >= 11 is 0. The largest absolute Gasteiger partial charge is 0.348 e. The van der Waals surface area contributed by atoms with Gasteiger partial charge >= 0.3 is 0 Å². The second kappa shape index (κ2) is 6.93. The summed E-state index contributed by atoms with van der Waals surface area (Å²) in [6, 6.07) is 0.204. The van der Waals surface area contributed by atoms with E-state index in [1.165, 1.54) is 6.33 Å². The van der Waals surface area contributed by atoms with Crippen LogP contribution < -0.4 is 0 Å². The fourth-order valence-corrected chi connectivity index (χ4v) is 3.02. The van der Waals surface area contributed by atoms with Crippen molar-refractivity contribution in [2.75, 3.05) is 20.1 Å². The Morgan fingerprint density at radius 2 is 2.23 bits per heavy atom. The van der Waals surface area contributed by atoms with E-state index in [1.807, 2.05) is 13.2 Å². The summed E-state index contributed by atoms with van der Waals surface area (Å²) in [4.78, 5) is 19.7. The first kappa shape index (κ1) is 15.1. The zero-order valence-corrected chi connectivity index (χ0v) is 12.7. The highest BCUT2D eigenvalue weighted by molar-refractivity contribution is 5.04. The van der Waals surface area contributed by atoms with Gasteiger partial charge in [0.1, 0.15) is 18.3 Å². The molecule has 6 nitrogen and oxygen atoms in total. The first-order valence-corrected chi connectivity index (χ1v) is 7.49. The van der Waals surface area contributed by atoms with Crippen LogP contribution in [0.3, 0.4) is 0 Å². The van der Waals surface area contributed by atoms with E-state index >= 15 is 0 Å². The van der Waals surface area contributed by atoms with Gasteiger partial charge in [-0.1, -0.05) is 0 Å². The van der Waals surface area contributed by atoms with Crippen LogP contribution in [0.15, 0.2) is 31.1 Å². The van der Waals surface area contributed by atoms with Crippen LogP contribution in [-0.2, 0) is 13.1 Å². The molecule has 1 aliphatic heterocycles. The molecule has 3 rings (SSSR count). The van der Waals surface area contributed by atoms with Crippen molar-refractivity contribution in [1.29, 1.82) is 0 Å². The van der Waals surface area contributed by atoms with Gasteiger partial charge in [-0.05, 0) is 13.5 Å². The van der Waals surface area contributed by atoms with Gasteiger partial charge in [0.15, 0.2) is 0 Å². The standard InChI is InChI=1S/C15H21FN6/c1-21(10-15-19-2-3-20-15)9-14-4-13(16)8-22(14)7-12-5-17-11-18-6-12/h2-3,5-6,11,13-14H,4,7-10H2,1H3,(H,19,20)/t13-,14-/m0/s1. The summed E-state index contributed by atoms with van der Waals surface area (Å²) in [5.41, 5.74) is 1.02. The third-order valence-electron chi connectivity index (χ3n) is 3.97. The second-order valence-corrected chi connectivity index (χ2v) is 5.90. The Balaban J connectivity index is 1.58. The molecule has 22 heavy (non-hydrogen) atoms. The van der Waals surface area contributed by atoms with Gasteiger partial charge in [0.2, 0.25) is 0 Å². The molecule has 1 fully saturated rings. The normalized spacial score (nSPS) is 22.5. The van der Waals surface area contributed by atoms with E-state index in [0.717, 1.165) is 24.5 Å². The van der Waals surface area contributed by atoms with E-state index in [9.17, 15) is 4.39 Å². The molecule has 0 bridgehead atoms. The summed E-state index contributed by atoms with van der Waals surface area (Å²) in [5.74, 6) is 0.931. The SMILES string of the molecule is CN(Cc1ncc[nH]1)C[C@@H]1C[C@H](F)CN1Cc1cncnc1. The Bertz CT molecular complexity index is 561. The molecule has 0 amide bonds. The highest BCUT2D eigenvalue weighted by Gasteiger charge is 2.32. The van der Waals surface area contributed by atoms with E-state index in [0.29, 0.717) is 19.5 Å². The second-order valence-electron chi connectivity index (χ2n) is 5.90. The van der Waals surface area contributed by atoms with E-state index < -0.39 is 6.17 Å². The number of hydrogen-bond acceptors (Lipinski definition) is 5. The van der Waals surface area contributed by atoms with Gasteiger partial charge in [0, 0.05) is 56.0 Å². The Kier molecular flexibility index (Phi) is 4.74. The number of aromatic nitrogens is 4. The molecule has 0 spiro atoms. The van der Waals surface area contributed by atoms with Crippen LogP contribution in [0, 0.1) is 0 Å². The highest BCUT2D eigenvalue weighted by atomic mass is 19.1. The first-order valence-electron chi connectivity index (χ1n) is 7.49. The average molecular weight is 304 g/mol. The minimum Gasteiger partial charge on any atom is -0.348 e. The van der Waals surface area contributed by atoms with Crippen LogP contribution >= 0.6 is 0 Å². The molecule has 0 saturated carbocycles. The maximum Gasteiger partial charge on any atom is 0.120 e. The van der Waals surface area contributed by atoms with Crippen molar-refractivity contribution < 1.29 is 4.39 Å². The maximum atomic E-state index is 13.8. The van der Waals surface area contributed by atoms with E-state index in [4.69, 9.17) is 0 Å². The quantitative estimate of drug-likeness (QED) is 0.870. The molecule has 0 radical (unpaired) electrons. The molecule has 0 aliphatic carbocycles. The van der Waals surface area contributed by atoms with Crippen LogP contribution in [0.2, 0.25) is 0 Å². The maximum absolute atomic E-state index is 13.8. The molecule has 3 heterocycles. The molecular formula is C15H21FN6. The van der Waals surface area contributed by atoms with Gasteiger partial charge in [-0.15, -0.1) is 0 Å². The van der Waals surface area contributed by atoms with Crippen molar-refractivity contribution in [2.45, 2.75) is 31.7 Å². The van der Waals surface area contributed by atoms with Gasteiger partial charge in [-0.25, -0.2) is 19.3 Å². The van der Waals surface area contributed by atoms with E-state index in [1.54, 1.807) is 18.6 Å². The summed E-state index contributed by atoms with van der Waals surface area (Å²) in [6.45, 7) is 2.73. The number of hydrogen-bond donors (Lipinski definition) is 1. The summed E-state index contributed by atoms with van der Waals surface area (Å²) < 4.78 is 13.8. The highest BCUT2D eigenvalue weighted by Crippen LogP contribution is 2.23. The summed E-state index contributed by atoms with van der Waals surface area (Å²) in [6.07, 6.45) is 8.49. The number of rotatable bonds is 6. The molecule has 2 atom stereocenters. The molecular weight excluding hydrogens is 283 g/mol. The Morgan fingerprint density at radius 3 is 2.95 bits per heavy atom. The zero-order chi connectivity index (χ0) is 15.4. The molecule has 2 aromatic rings. The van der Waals surface area contributed by atoms with Crippen molar-refractivity contribution in [3.8, 4) is 0 Å². The van der Waals surface area contributed by atoms with Crippen LogP contribution in [0.1, 0.15) is 17.8 Å². The minimum absolute atomic E-state index is 0.204. The van der Waals surface area contributed by atoms with Crippen LogP contribution in [0.4, 0.5) is 4.39 Å². The lowest BCUT2D eigenvalue weighted by Gasteiger charge is -2.27. The van der Waals surface area contributed by atoms with Crippen molar-refractivity contribution >= 4 is 0 Å². The third-order valence-corrected chi connectivity index (χ3v) is 3.97. The number of halogens is 1. The molecule has 0 aromatic carbocycles. The monoisotopic (exact) mass is 304 g/mol. The zero-order valence-electron chi connectivity index (χ0n) is 12.7. The number of nitrogens with one attached hydrogen (secondary N) is 1. The fourth-order valence-electron chi connectivity index (χ4n) is 3.02. The number of aromatic amines is 1. The topological polar surface area (TPSA) is 60.9 Å². The van der Waals surface area contributed by atoms with Gasteiger partial charge < -0.3 is 4.98 Å². The Labute approximate surface area is 129 Å². The molecule has 2 aromatic heterocycles. The lowest BCUT2D eigenvalue weighted by atomic mass is 10.2. The van der Waals surface area contributed by atoms with E-state index in [-0.39, 0.29) is 6.04 Å². The van der Waals surface area contributed by atoms with Gasteiger partial charge in [0.25, 0.3) is 0 Å². The predicted octanol–water partition coefficient (Wildman–Crippen LogP) is 1.24. The molecule has 0 unspecified atom stereocenters. The molecule has 7 heteroatoms. The summed E-state index contributed by atoms with van der Waals surface area (Å²) in [5, 5.41) is 0. The number of likely N-dealkylation sites (tertiary alicyclic amines) is 1. The van der Waals surface area contributed by atoms with Crippen molar-refractivity contribution in [2.24, 2.45) is 0 Å². The number of H-pyrrole nitrogens is 1. The smallest absolute Gasteiger partial charge is 0.120 e. The molecule has 1 aliphatic rings. The lowest BCUT2D eigenvalue weighted by molar-refractivity contribution is 0.178. The first-order chi connectivity index (χ1) is 10.7. The van der Waals surface area contributed by atoms with Gasteiger partial charge in [-0.2, -0.15) is 0 Å². The third kappa shape index (κ3) is 3.86. The molecule has 118 valence electrons. The molecule has 1 N–H and O–H groups in total. The van der Waals surface area contributed by atoms with Crippen molar-refractivity contribution in [3.05, 3.63) is 42.5 Å². The number of alkyl halides is 1. The van der Waals surface area contributed by atoms with Crippen LogP contribution in [0.5, 0.6) is 0 Å². The Morgan fingerprint density at radius 1 is 1.41 bits per heavy atom. The summed E-state index contributed by atoms with van der Waals surface area (Å²) in [7, 11) is 2.04. The van der Waals surface area contributed by atoms with Gasteiger partial charge in [0.05, 0.1) is 6.54 Å². The van der Waals surface area contributed by atoms with Crippen LogP contribution in [0.25, 0.3) is 0 Å². The molecule has 1 saturated heterocycles. The minimum atomic E-state index is -0.758. The fraction of sp³-hybridized carbons (Fsp3) is 0.533. The number of likely N-dealkylation sites (N-methyl/N-ethyl adjacent to an activating group) is 1. The van der Waals surface area contributed by atoms with Crippen molar-refractivity contribution in [1.82, 2.24) is 29.7 Å². The average Bonchev–Trinajstić information content (AvgIpc) is 3.10.